The molecule has 0 radical (unpaired) electrons. The number of likely N-dealkylation sites (N-methyl/N-ethyl adjacent to an activating group) is 1. The molecular formula is C14H20N4O3S. The molecule has 1 amide bonds. The lowest BCUT2D eigenvalue weighted by Crippen LogP contribution is -2.38. The SMILES string of the molecule is CC(C(=O)N(C)CCNS(C)(=O)=O)n1cnc2ccccc21. The van der Waals surface area contributed by atoms with E-state index in [1.807, 2.05) is 28.8 Å². The van der Waals surface area contributed by atoms with Crippen LogP contribution >= 0.6 is 0 Å². The van der Waals surface area contributed by atoms with Gasteiger partial charge in [0.05, 0.1) is 23.6 Å². The maximum atomic E-state index is 12.4. The van der Waals surface area contributed by atoms with E-state index < -0.39 is 16.1 Å². The first-order valence-electron chi connectivity index (χ1n) is 6.91. The second kappa shape index (κ2) is 6.45. The summed E-state index contributed by atoms with van der Waals surface area (Å²) in [5, 5.41) is 0. The topological polar surface area (TPSA) is 84.3 Å². The molecule has 2 rings (SSSR count). The highest BCUT2D eigenvalue weighted by atomic mass is 32.2. The van der Waals surface area contributed by atoms with Gasteiger partial charge in [0.1, 0.15) is 6.04 Å². The molecule has 1 aromatic heterocycles. The average molecular weight is 324 g/mol. The Hall–Kier alpha value is -1.93. The van der Waals surface area contributed by atoms with Gasteiger partial charge in [-0.15, -0.1) is 0 Å². The number of carbonyl (C=O) groups excluding carboxylic acids is 1. The van der Waals surface area contributed by atoms with Crippen molar-refractivity contribution < 1.29 is 13.2 Å². The fraction of sp³-hybridized carbons (Fsp3) is 0.429. The molecule has 0 aliphatic carbocycles. The lowest BCUT2D eigenvalue weighted by atomic mass is 10.2. The predicted molar refractivity (Wildman–Crippen MR) is 84.9 cm³/mol. The Morgan fingerprint density at radius 2 is 2.09 bits per heavy atom. The van der Waals surface area contributed by atoms with Crippen LogP contribution in [0.5, 0.6) is 0 Å². The van der Waals surface area contributed by atoms with Gasteiger partial charge in [0, 0.05) is 20.1 Å². The number of nitrogens with zero attached hydrogens (tertiary/aromatic N) is 3. The van der Waals surface area contributed by atoms with Crippen LogP contribution in [0.2, 0.25) is 0 Å². The van der Waals surface area contributed by atoms with Gasteiger partial charge >= 0.3 is 0 Å². The molecule has 0 saturated heterocycles. The average Bonchev–Trinajstić information content (AvgIpc) is 2.88. The first-order valence-corrected chi connectivity index (χ1v) is 8.80. The van der Waals surface area contributed by atoms with E-state index in [1.165, 1.54) is 4.90 Å². The second-order valence-electron chi connectivity index (χ2n) is 5.24. The van der Waals surface area contributed by atoms with E-state index in [4.69, 9.17) is 0 Å². The number of carbonyl (C=O) groups is 1. The molecule has 1 unspecified atom stereocenters. The van der Waals surface area contributed by atoms with Crippen molar-refractivity contribution in [3.8, 4) is 0 Å². The van der Waals surface area contributed by atoms with E-state index >= 15 is 0 Å². The van der Waals surface area contributed by atoms with Gasteiger partial charge in [0.2, 0.25) is 15.9 Å². The van der Waals surface area contributed by atoms with Crippen LogP contribution < -0.4 is 4.72 Å². The van der Waals surface area contributed by atoms with Gasteiger partial charge in [-0.2, -0.15) is 0 Å². The molecule has 0 saturated carbocycles. The minimum Gasteiger partial charge on any atom is -0.343 e. The standard InChI is InChI=1S/C14H20N4O3S/c1-11(14(19)17(2)9-8-16-22(3,20)21)18-10-15-12-6-4-5-7-13(12)18/h4-7,10-11,16H,8-9H2,1-3H3. The van der Waals surface area contributed by atoms with Gasteiger partial charge in [0.15, 0.2) is 0 Å². The van der Waals surface area contributed by atoms with E-state index in [1.54, 1.807) is 20.3 Å². The van der Waals surface area contributed by atoms with Crippen LogP contribution in [-0.2, 0) is 14.8 Å². The largest absolute Gasteiger partial charge is 0.343 e. The van der Waals surface area contributed by atoms with E-state index in [0.717, 1.165) is 17.3 Å². The summed E-state index contributed by atoms with van der Waals surface area (Å²) < 4.78 is 26.2. The summed E-state index contributed by atoms with van der Waals surface area (Å²) in [6.45, 7) is 2.30. The van der Waals surface area contributed by atoms with Crippen molar-refractivity contribution in [2.45, 2.75) is 13.0 Å². The minimum absolute atomic E-state index is 0.0987. The summed E-state index contributed by atoms with van der Waals surface area (Å²) in [5.74, 6) is -0.0987. The van der Waals surface area contributed by atoms with Gasteiger partial charge in [-0.05, 0) is 19.1 Å². The molecule has 1 atom stereocenters. The van der Waals surface area contributed by atoms with Crippen molar-refractivity contribution >= 4 is 27.0 Å². The number of para-hydroxylation sites is 2. The van der Waals surface area contributed by atoms with Gasteiger partial charge in [-0.25, -0.2) is 18.1 Å². The fourth-order valence-corrected chi connectivity index (χ4v) is 2.70. The highest BCUT2D eigenvalue weighted by Crippen LogP contribution is 2.18. The second-order valence-corrected chi connectivity index (χ2v) is 7.08. The van der Waals surface area contributed by atoms with Crippen molar-refractivity contribution in [3.05, 3.63) is 30.6 Å². The molecule has 1 aromatic carbocycles. The van der Waals surface area contributed by atoms with E-state index in [9.17, 15) is 13.2 Å². The number of nitrogens with one attached hydrogen (secondary N) is 1. The van der Waals surface area contributed by atoms with Gasteiger partial charge < -0.3 is 9.47 Å². The highest BCUT2D eigenvalue weighted by molar-refractivity contribution is 7.88. The number of benzene rings is 1. The van der Waals surface area contributed by atoms with Crippen LogP contribution in [0.15, 0.2) is 30.6 Å². The Bertz CT molecular complexity index is 769. The summed E-state index contributed by atoms with van der Waals surface area (Å²) in [6, 6.07) is 7.20. The number of hydrogen-bond donors (Lipinski definition) is 1. The Labute approximate surface area is 130 Å². The van der Waals surface area contributed by atoms with Crippen LogP contribution in [0.25, 0.3) is 11.0 Å². The lowest BCUT2D eigenvalue weighted by molar-refractivity contribution is -0.132. The summed E-state index contributed by atoms with van der Waals surface area (Å²) in [5.41, 5.74) is 1.73. The third kappa shape index (κ3) is 3.83. The van der Waals surface area contributed by atoms with E-state index in [0.29, 0.717) is 6.54 Å². The molecule has 0 fully saturated rings. The minimum atomic E-state index is -3.24. The molecule has 120 valence electrons. The number of rotatable bonds is 6. The molecular weight excluding hydrogens is 304 g/mol. The van der Waals surface area contributed by atoms with E-state index in [-0.39, 0.29) is 12.5 Å². The summed E-state index contributed by atoms with van der Waals surface area (Å²) in [7, 11) is -1.59. The molecule has 1 heterocycles. The molecule has 1 N–H and O–H groups in total. The number of imidazole rings is 1. The van der Waals surface area contributed by atoms with Crippen LogP contribution in [0.4, 0.5) is 0 Å². The smallest absolute Gasteiger partial charge is 0.245 e. The van der Waals surface area contributed by atoms with Crippen LogP contribution in [0.3, 0.4) is 0 Å². The van der Waals surface area contributed by atoms with Gasteiger partial charge in [0.25, 0.3) is 0 Å². The third-order valence-corrected chi connectivity index (χ3v) is 4.17. The molecule has 22 heavy (non-hydrogen) atoms. The monoisotopic (exact) mass is 324 g/mol. The van der Waals surface area contributed by atoms with E-state index in [2.05, 4.69) is 9.71 Å². The Balaban J connectivity index is 2.05. The molecule has 2 aromatic rings. The highest BCUT2D eigenvalue weighted by Gasteiger charge is 2.20. The number of fused-ring (bicyclic) bond motifs is 1. The first kappa shape index (κ1) is 16.4. The summed E-state index contributed by atoms with van der Waals surface area (Å²) in [6.07, 6.45) is 2.74. The fourth-order valence-electron chi connectivity index (χ4n) is 2.23. The molecule has 0 spiro atoms. The quantitative estimate of drug-likeness (QED) is 0.843. The van der Waals surface area contributed by atoms with Crippen molar-refractivity contribution in [1.82, 2.24) is 19.2 Å². The third-order valence-electron chi connectivity index (χ3n) is 3.44. The Kier molecular flexibility index (Phi) is 4.82. The molecule has 8 heteroatoms. The van der Waals surface area contributed by atoms with Crippen molar-refractivity contribution in [2.24, 2.45) is 0 Å². The van der Waals surface area contributed by atoms with Crippen LogP contribution in [-0.4, -0.2) is 55.2 Å². The van der Waals surface area contributed by atoms with Gasteiger partial charge in [-0.1, -0.05) is 12.1 Å². The van der Waals surface area contributed by atoms with Crippen molar-refractivity contribution in [3.63, 3.8) is 0 Å². The molecule has 0 aliphatic heterocycles. The summed E-state index contributed by atoms with van der Waals surface area (Å²) in [4.78, 5) is 18.2. The maximum Gasteiger partial charge on any atom is 0.245 e. The number of amides is 1. The van der Waals surface area contributed by atoms with Gasteiger partial charge in [-0.3, -0.25) is 4.79 Å². The Morgan fingerprint density at radius 3 is 2.77 bits per heavy atom. The molecule has 0 aliphatic rings. The molecule has 7 nitrogen and oxygen atoms in total. The normalized spacial score (nSPS) is 13.2. The first-order chi connectivity index (χ1) is 10.3. The molecule has 0 bridgehead atoms. The predicted octanol–water partition coefficient (Wildman–Crippen LogP) is 0.605. The van der Waals surface area contributed by atoms with Crippen LogP contribution in [0.1, 0.15) is 13.0 Å². The lowest BCUT2D eigenvalue weighted by Gasteiger charge is -2.22. The van der Waals surface area contributed by atoms with Crippen LogP contribution in [0, 0.1) is 0 Å². The zero-order valence-electron chi connectivity index (χ0n) is 12.9. The number of hydrogen-bond acceptors (Lipinski definition) is 4. The zero-order chi connectivity index (χ0) is 16.3. The van der Waals surface area contributed by atoms with Crippen molar-refractivity contribution in [2.75, 3.05) is 26.4 Å². The van der Waals surface area contributed by atoms with Crippen molar-refractivity contribution in [1.29, 1.82) is 0 Å². The number of aromatic nitrogens is 2. The summed E-state index contributed by atoms with van der Waals surface area (Å²) >= 11 is 0. The maximum absolute atomic E-state index is 12.4. The number of sulfonamides is 1. The Morgan fingerprint density at radius 1 is 1.41 bits per heavy atom. The zero-order valence-corrected chi connectivity index (χ0v) is 13.7.